The lowest BCUT2D eigenvalue weighted by Crippen LogP contribution is -2.47. The third-order valence-electron chi connectivity index (χ3n) is 3.94. The predicted molar refractivity (Wildman–Crippen MR) is 70.2 cm³/mol. The second kappa shape index (κ2) is 6.66. The molecular weight excluding hydrogens is 212 g/mol. The summed E-state index contributed by atoms with van der Waals surface area (Å²) in [5.74, 6) is 3.28. The van der Waals surface area contributed by atoms with Crippen molar-refractivity contribution in [1.82, 2.24) is 4.90 Å². The number of nitrogens with two attached hydrogens (primary N) is 1. The van der Waals surface area contributed by atoms with Crippen LogP contribution in [0.15, 0.2) is 0 Å². The van der Waals surface area contributed by atoms with E-state index >= 15 is 0 Å². The lowest BCUT2D eigenvalue weighted by molar-refractivity contribution is -0.134. The molecule has 1 unspecified atom stereocenters. The normalized spacial score (nSPS) is 26.0. The number of rotatable bonds is 4. The Morgan fingerprint density at radius 1 is 1.47 bits per heavy atom. The van der Waals surface area contributed by atoms with Crippen LogP contribution in [0.5, 0.6) is 0 Å². The van der Waals surface area contributed by atoms with Gasteiger partial charge in [-0.3, -0.25) is 4.79 Å². The average molecular weight is 236 g/mol. The van der Waals surface area contributed by atoms with Gasteiger partial charge in [0.2, 0.25) is 5.91 Å². The van der Waals surface area contributed by atoms with Crippen molar-refractivity contribution < 1.29 is 4.79 Å². The van der Waals surface area contributed by atoms with Crippen molar-refractivity contribution in [2.75, 3.05) is 7.05 Å². The maximum atomic E-state index is 12.0. The van der Waals surface area contributed by atoms with E-state index < -0.39 is 6.04 Å². The minimum absolute atomic E-state index is 0.0112. The number of hydrogen-bond acceptors (Lipinski definition) is 2. The Hall–Kier alpha value is -1.01. The van der Waals surface area contributed by atoms with Crippen LogP contribution >= 0.6 is 0 Å². The number of amides is 1. The van der Waals surface area contributed by atoms with Crippen molar-refractivity contribution in [3.05, 3.63) is 0 Å². The zero-order valence-electron chi connectivity index (χ0n) is 11.0. The molecule has 96 valence electrons. The third kappa shape index (κ3) is 3.74. The van der Waals surface area contributed by atoms with Crippen molar-refractivity contribution >= 4 is 5.91 Å². The zero-order valence-corrected chi connectivity index (χ0v) is 11.0. The van der Waals surface area contributed by atoms with Crippen molar-refractivity contribution in [3.8, 4) is 12.3 Å². The van der Waals surface area contributed by atoms with E-state index in [-0.39, 0.29) is 5.91 Å². The largest absolute Gasteiger partial charge is 0.341 e. The Bertz CT molecular complexity index is 287. The van der Waals surface area contributed by atoms with E-state index in [9.17, 15) is 4.79 Å². The Labute approximate surface area is 105 Å². The van der Waals surface area contributed by atoms with Crippen LogP contribution in [0, 0.1) is 18.3 Å². The van der Waals surface area contributed by atoms with Crippen LogP contribution in [0.25, 0.3) is 0 Å². The van der Waals surface area contributed by atoms with E-state index in [0.717, 1.165) is 18.8 Å². The van der Waals surface area contributed by atoms with E-state index in [4.69, 9.17) is 12.2 Å². The van der Waals surface area contributed by atoms with E-state index in [1.54, 1.807) is 0 Å². The number of carbonyl (C=O) groups is 1. The Balaban J connectivity index is 2.45. The topological polar surface area (TPSA) is 46.3 Å². The number of likely N-dealkylation sites (N-methyl/N-ethyl adjacent to an activating group) is 1. The van der Waals surface area contributed by atoms with Crippen LogP contribution in [0.2, 0.25) is 0 Å². The molecular formula is C14H24N2O. The van der Waals surface area contributed by atoms with E-state index in [0.29, 0.717) is 12.5 Å². The highest BCUT2D eigenvalue weighted by Crippen LogP contribution is 2.29. The molecule has 2 N–H and O–H groups in total. The summed E-state index contributed by atoms with van der Waals surface area (Å²) in [6.45, 7) is 2.24. The van der Waals surface area contributed by atoms with Crippen molar-refractivity contribution in [2.24, 2.45) is 11.7 Å². The van der Waals surface area contributed by atoms with Gasteiger partial charge in [0.25, 0.3) is 0 Å². The molecule has 0 aliphatic heterocycles. The molecule has 1 saturated carbocycles. The van der Waals surface area contributed by atoms with Crippen molar-refractivity contribution in [2.45, 2.75) is 57.5 Å². The lowest BCUT2D eigenvalue weighted by atomic mass is 9.84. The molecule has 3 nitrogen and oxygen atoms in total. The standard InChI is InChI=1S/C14H24N2O/c1-4-6-13(15)14(17)16(3)12-9-7-11(5-2)8-10-12/h1,11-13H,5-10,15H2,2-3H3. The molecule has 0 heterocycles. The van der Waals surface area contributed by atoms with Gasteiger partial charge in [-0.05, 0) is 31.6 Å². The molecule has 1 rings (SSSR count). The molecule has 3 heteroatoms. The summed E-state index contributed by atoms with van der Waals surface area (Å²) < 4.78 is 0. The van der Waals surface area contributed by atoms with Crippen LogP contribution in [0.1, 0.15) is 45.4 Å². The summed E-state index contributed by atoms with van der Waals surface area (Å²) in [5, 5.41) is 0. The molecule has 0 aromatic rings. The molecule has 1 amide bonds. The first-order valence-electron chi connectivity index (χ1n) is 6.55. The summed E-state index contributed by atoms with van der Waals surface area (Å²) in [7, 11) is 1.86. The second-order valence-electron chi connectivity index (χ2n) is 5.05. The molecule has 0 spiro atoms. The van der Waals surface area contributed by atoms with E-state index in [2.05, 4.69) is 12.8 Å². The van der Waals surface area contributed by atoms with Gasteiger partial charge >= 0.3 is 0 Å². The highest BCUT2D eigenvalue weighted by Gasteiger charge is 2.27. The Kier molecular flexibility index (Phi) is 5.50. The summed E-state index contributed by atoms with van der Waals surface area (Å²) in [4.78, 5) is 13.8. The first-order chi connectivity index (χ1) is 8.10. The highest BCUT2D eigenvalue weighted by atomic mass is 16.2. The van der Waals surface area contributed by atoms with Gasteiger partial charge in [0.1, 0.15) is 0 Å². The summed E-state index contributed by atoms with van der Waals surface area (Å²) >= 11 is 0. The maximum Gasteiger partial charge on any atom is 0.240 e. The zero-order chi connectivity index (χ0) is 12.8. The molecule has 0 aromatic heterocycles. The fourth-order valence-electron chi connectivity index (χ4n) is 2.60. The highest BCUT2D eigenvalue weighted by molar-refractivity contribution is 5.82. The first-order valence-corrected chi connectivity index (χ1v) is 6.55. The second-order valence-corrected chi connectivity index (χ2v) is 5.05. The molecule has 0 bridgehead atoms. The minimum atomic E-state index is -0.533. The Morgan fingerprint density at radius 3 is 2.53 bits per heavy atom. The quantitative estimate of drug-likeness (QED) is 0.756. The smallest absolute Gasteiger partial charge is 0.240 e. The van der Waals surface area contributed by atoms with Crippen LogP contribution < -0.4 is 5.73 Å². The van der Waals surface area contributed by atoms with Gasteiger partial charge in [-0.1, -0.05) is 13.3 Å². The third-order valence-corrected chi connectivity index (χ3v) is 3.94. The van der Waals surface area contributed by atoms with Gasteiger partial charge in [0.05, 0.1) is 6.04 Å². The lowest BCUT2D eigenvalue weighted by Gasteiger charge is -2.35. The van der Waals surface area contributed by atoms with Crippen molar-refractivity contribution in [3.63, 3.8) is 0 Å². The molecule has 1 fully saturated rings. The van der Waals surface area contributed by atoms with Crippen LogP contribution in [-0.2, 0) is 4.79 Å². The van der Waals surface area contributed by atoms with Gasteiger partial charge in [-0.15, -0.1) is 12.3 Å². The number of nitrogens with zero attached hydrogens (tertiary/aromatic N) is 1. The Morgan fingerprint density at radius 2 is 2.06 bits per heavy atom. The predicted octanol–water partition coefficient (Wildman–Crippen LogP) is 1.76. The number of hydrogen-bond donors (Lipinski definition) is 1. The van der Waals surface area contributed by atoms with Gasteiger partial charge in [0, 0.05) is 19.5 Å². The molecule has 0 saturated heterocycles. The fourth-order valence-corrected chi connectivity index (χ4v) is 2.60. The monoisotopic (exact) mass is 236 g/mol. The molecule has 1 atom stereocenters. The van der Waals surface area contributed by atoms with Gasteiger partial charge in [0.15, 0.2) is 0 Å². The SMILES string of the molecule is C#CCC(N)C(=O)N(C)C1CCC(CC)CC1. The van der Waals surface area contributed by atoms with E-state index in [1.165, 1.54) is 19.3 Å². The summed E-state index contributed by atoms with van der Waals surface area (Å²) in [5.41, 5.74) is 5.76. The van der Waals surface area contributed by atoms with Crippen molar-refractivity contribution in [1.29, 1.82) is 0 Å². The molecule has 1 aliphatic carbocycles. The van der Waals surface area contributed by atoms with Crippen LogP contribution in [0.3, 0.4) is 0 Å². The summed E-state index contributed by atoms with van der Waals surface area (Å²) in [6, 6.07) is -0.178. The first kappa shape index (κ1) is 14.1. The fraction of sp³-hybridized carbons (Fsp3) is 0.786. The van der Waals surface area contributed by atoms with Gasteiger partial charge in [-0.25, -0.2) is 0 Å². The van der Waals surface area contributed by atoms with Gasteiger partial charge < -0.3 is 10.6 Å². The number of carbonyl (C=O) groups excluding carboxylic acids is 1. The van der Waals surface area contributed by atoms with E-state index in [1.807, 2.05) is 11.9 Å². The minimum Gasteiger partial charge on any atom is -0.341 e. The summed E-state index contributed by atoms with van der Waals surface area (Å²) in [6.07, 6.45) is 11.4. The molecule has 0 aromatic carbocycles. The molecule has 1 aliphatic rings. The van der Waals surface area contributed by atoms with Gasteiger partial charge in [-0.2, -0.15) is 0 Å². The maximum absolute atomic E-state index is 12.0. The average Bonchev–Trinajstić information content (AvgIpc) is 2.37. The van der Waals surface area contributed by atoms with Crippen LogP contribution in [0.4, 0.5) is 0 Å². The van der Waals surface area contributed by atoms with Crippen LogP contribution in [-0.4, -0.2) is 29.9 Å². The molecule has 17 heavy (non-hydrogen) atoms. The number of terminal acetylenes is 1. The molecule has 0 radical (unpaired) electrons.